The van der Waals surface area contributed by atoms with Crippen LogP contribution in [0.25, 0.3) is 87.6 Å². The van der Waals surface area contributed by atoms with Crippen LogP contribution in [-0.2, 0) is 25.7 Å². The lowest BCUT2D eigenvalue weighted by Gasteiger charge is -2.51. The fourth-order valence-electron chi connectivity index (χ4n) is 21.8. The van der Waals surface area contributed by atoms with Gasteiger partial charge in [0, 0.05) is 47.3 Å². The minimum absolute atomic E-state index is 0.314. The van der Waals surface area contributed by atoms with Crippen molar-refractivity contribution in [3.63, 3.8) is 0 Å². The molecule has 0 saturated heterocycles. The lowest BCUT2D eigenvalue weighted by Crippen LogP contribution is -2.37. The molecule has 10 aromatic carbocycles. The third-order valence-electron chi connectivity index (χ3n) is 24.9. The molecule has 4 bridgehead atoms. The van der Waals surface area contributed by atoms with Crippen molar-refractivity contribution in [2.45, 2.75) is 217 Å². The Morgan fingerprint density at radius 2 is 0.512 bits per heavy atom. The summed E-state index contributed by atoms with van der Waals surface area (Å²) in [4.78, 5) is 0. The number of hydrogen-bond donors (Lipinski definition) is 0. The van der Waals surface area contributed by atoms with Gasteiger partial charge in [-0.15, -0.1) is 0 Å². The van der Waals surface area contributed by atoms with Crippen molar-refractivity contribution in [3.8, 4) is 44.5 Å². The van der Waals surface area contributed by atoms with E-state index < -0.39 is 0 Å². The molecule has 8 atom stereocenters. The predicted octanol–water partition coefficient (Wildman–Crippen LogP) is 24.0. The maximum absolute atomic E-state index is 2.83. The Balaban J connectivity index is 0.972. The van der Waals surface area contributed by atoms with Crippen LogP contribution in [0.4, 0.5) is 0 Å². The Morgan fingerprint density at radius 1 is 0.244 bits per heavy atom. The third kappa shape index (κ3) is 6.48. The van der Waals surface area contributed by atoms with Crippen LogP contribution in [0.5, 0.6) is 0 Å². The van der Waals surface area contributed by atoms with Gasteiger partial charge in [-0.25, -0.2) is 0 Å². The number of rotatable bonds is 20. The first-order chi connectivity index (χ1) is 42.4. The summed E-state index contributed by atoms with van der Waals surface area (Å²) in [5.74, 6) is 2.87. The first-order valence-electron chi connectivity index (χ1n) is 35.1. The Hall–Kier alpha value is -6.76. The molecule has 0 spiro atoms. The standard InChI is InChI=1S/C86H84/c1-7-11-15-19-23-47-61-41-65-53-33-37-60-74-58-36-32-51(71(53)74)67(65)43-63(61)49(25-21-17-13-9-3)77-75(47)79-55-29-27-45(5)39-69(55)85(77)83-59-38-34-54-66-42-62-48(24-20-16-12-8-2)76-78(86-70-40-46(6)28-30-56(70)80(76)82(58)84(60)86)50(26-22-18-14-10-4)64(62)44-68(66)52-31-35-57(81(79)83)73(59)72(52)54/h27-44,79-86H,7-26H2,1-6H3/t79-,80+,81+,82-,83+,84-,85+,86-. The highest BCUT2D eigenvalue weighted by Gasteiger charge is 2.59. The average molecular weight is 1120 g/mol. The van der Waals surface area contributed by atoms with Gasteiger partial charge in [0.1, 0.15) is 0 Å². The van der Waals surface area contributed by atoms with E-state index in [-0.39, 0.29) is 0 Å². The molecule has 0 nitrogen and oxygen atoms in total. The number of benzene rings is 10. The van der Waals surface area contributed by atoms with Crippen molar-refractivity contribution in [1.29, 1.82) is 0 Å². The lowest BCUT2D eigenvalue weighted by molar-refractivity contribution is 0.397. The van der Waals surface area contributed by atoms with E-state index in [0.717, 1.165) is 25.7 Å². The van der Waals surface area contributed by atoms with E-state index in [0.29, 0.717) is 47.3 Å². The van der Waals surface area contributed by atoms with E-state index >= 15 is 0 Å². The molecule has 0 aromatic heterocycles. The predicted molar refractivity (Wildman–Crippen MR) is 364 cm³/mol. The van der Waals surface area contributed by atoms with Crippen LogP contribution in [0.3, 0.4) is 0 Å². The molecule has 0 saturated carbocycles. The van der Waals surface area contributed by atoms with Crippen LogP contribution in [0.15, 0.2) is 109 Å². The highest BCUT2D eigenvalue weighted by atomic mass is 14.6. The molecular formula is C86H84. The SMILES string of the molecule is CCCCCCc1c2c3c(CCCCCC)c4cc5c(cc14)-c1ccc4c6c(ccc-5c16)[C@H]1[C@@H]5c6cc(C)ccc6[C@@H](c6c5c(CCCCCC)c5cc7c(cc5c6CCCCCC)-c5ccc6c8c(ccc-7c58)[C@H]5[C@@H]3c3ccc(C)cc3[C@@H]2[C@@H]65)[C@@H]41. The molecule has 0 fully saturated rings. The first kappa shape index (κ1) is 51.3. The van der Waals surface area contributed by atoms with Gasteiger partial charge in [0.05, 0.1) is 0 Å². The molecule has 0 radical (unpaired) electrons. The number of unbranched alkanes of at least 4 members (excludes halogenated alkanes) is 12. The molecule has 0 amide bonds. The average Bonchev–Trinajstić information content (AvgIpc) is 1.38. The molecule has 0 unspecified atom stereocenters. The lowest BCUT2D eigenvalue weighted by atomic mass is 9.51. The van der Waals surface area contributed by atoms with Crippen LogP contribution in [0.2, 0.25) is 0 Å². The van der Waals surface area contributed by atoms with Gasteiger partial charge < -0.3 is 0 Å². The van der Waals surface area contributed by atoms with Gasteiger partial charge in [0.25, 0.3) is 0 Å². The zero-order valence-corrected chi connectivity index (χ0v) is 52.2. The summed E-state index contributed by atoms with van der Waals surface area (Å²) in [5.41, 5.74) is 41.9. The topological polar surface area (TPSA) is 0 Å². The molecule has 20 rings (SSSR count). The second-order valence-corrected chi connectivity index (χ2v) is 29.3. The summed E-state index contributed by atoms with van der Waals surface area (Å²) >= 11 is 0. The summed E-state index contributed by atoms with van der Waals surface area (Å²) in [5, 5.41) is 12.8. The van der Waals surface area contributed by atoms with Crippen molar-refractivity contribution in [2.24, 2.45) is 0 Å². The van der Waals surface area contributed by atoms with Gasteiger partial charge in [-0.2, -0.15) is 0 Å². The van der Waals surface area contributed by atoms with Crippen LogP contribution in [0, 0.1) is 13.8 Å². The van der Waals surface area contributed by atoms with Crippen molar-refractivity contribution in [1.82, 2.24) is 0 Å². The Morgan fingerprint density at radius 3 is 0.791 bits per heavy atom. The maximum atomic E-state index is 2.83. The normalized spacial score (nSPS) is 21.8. The monoisotopic (exact) mass is 1120 g/mol. The molecule has 10 aliphatic carbocycles. The second kappa shape index (κ2) is 18.9. The van der Waals surface area contributed by atoms with E-state index in [1.54, 1.807) is 132 Å². The van der Waals surface area contributed by atoms with Crippen molar-refractivity contribution >= 4 is 43.1 Å². The molecule has 0 N–H and O–H groups in total. The van der Waals surface area contributed by atoms with Gasteiger partial charge in [-0.3, -0.25) is 0 Å². The van der Waals surface area contributed by atoms with Gasteiger partial charge in [0.15, 0.2) is 0 Å². The van der Waals surface area contributed by atoms with Crippen LogP contribution in [-0.4, -0.2) is 0 Å². The molecule has 0 heterocycles. The largest absolute Gasteiger partial charge is 0.0654 e. The summed E-state index contributed by atoms with van der Waals surface area (Å²) < 4.78 is 0. The van der Waals surface area contributed by atoms with Crippen molar-refractivity contribution < 1.29 is 0 Å². The van der Waals surface area contributed by atoms with E-state index in [9.17, 15) is 0 Å². The molecule has 0 aliphatic heterocycles. The molecule has 86 heavy (non-hydrogen) atoms. The van der Waals surface area contributed by atoms with E-state index in [1.165, 1.54) is 158 Å². The Kier molecular flexibility index (Phi) is 11.3. The van der Waals surface area contributed by atoms with Crippen molar-refractivity contribution in [3.05, 3.63) is 209 Å². The fraction of sp³-hybridized carbons (Fsp3) is 0.395. The zero-order valence-electron chi connectivity index (χ0n) is 52.2. The second-order valence-electron chi connectivity index (χ2n) is 29.3. The number of hydrogen-bond acceptors (Lipinski definition) is 0. The molecule has 10 aliphatic rings. The molecule has 0 heteroatoms. The highest BCUT2D eigenvalue weighted by molar-refractivity contribution is 6.22. The summed E-state index contributed by atoms with van der Waals surface area (Å²) in [6, 6.07) is 48.4. The maximum Gasteiger partial charge on any atom is 0.0174 e. The van der Waals surface area contributed by atoms with Crippen LogP contribution >= 0.6 is 0 Å². The number of aryl methyl sites for hydroxylation is 6. The van der Waals surface area contributed by atoms with E-state index in [4.69, 9.17) is 0 Å². The van der Waals surface area contributed by atoms with E-state index in [2.05, 4.69) is 151 Å². The van der Waals surface area contributed by atoms with Crippen molar-refractivity contribution in [2.75, 3.05) is 0 Å². The summed E-state index contributed by atoms with van der Waals surface area (Å²) in [7, 11) is 0. The number of fused-ring (bicyclic) bond motifs is 8. The quantitative estimate of drug-likeness (QED) is 0.0667. The molecule has 428 valence electrons. The Bertz CT molecular complexity index is 4370. The Labute approximate surface area is 511 Å². The third-order valence-corrected chi connectivity index (χ3v) is 24.9. The molecule has 10 aromatic rings. The van der Waals surface area contributed by atoms with Gasteiger partial charge in [-0.1, -0.05) is 201 Å². The van der Waals surface area contributed by atoms with E-state index in [1.807, 2.05) is 0 Å². The van der Waals surface area contributed by atoms with Gasteiger partial charge >= 0.3 is 0 Å². The van der Waals surface area contributed by atoms with Crippen LogP contribution < -0.4 is 0 Å². The highest BCUT2D eigenvalue weighted by Crippen LogP contribution is 2.75. The minimum Gasteiger partial charge on any atom is -0.0654 e. The van der Waals surface area contributed by atoms with Gasteiger partial charge in [0.2, 0.25) is 0 Å². The molecular weight excluding hydrogens is 1030 g/mol. The zero-order chi connectivity index (χ0) is 57.1. The minimum atomic E-state index is 0.314. The summed E-state index contributed by atoms with van der Waals surface area (Å²) in [6.45, 7) is 14.3. The fourth-order valence-corrected chi connectivity index (χ4v) is 21.8. The summed E-state index contributed by atoms with van der Waals surface area (Å²) in [6.07, 6.45) is 25.1. The smallest absolute Gasteiger partial charge is 0.0174 e. The van der Waals surface area contributed by atoms with Gasteiger partial charge in [-0.05, 0) is 266 Å². The van der Waals surface area contributed by atoms with Crippen LogP contribution in [0.1, 0.15) is 278 Å². The first-order valence-corrected chi connectivity index (χ1v) is 35.1.